The molecule has 1 aromatic rings. The first kappa shape index (κ1) is 12.3. The quantitative estimate of drug-likeness (QED) is 0.844. The largest absolute Gasteiger partial charge is 0.490 e. The second kappa shape index (κ2) is 4.98. The Morgan fingerprint density at radius 2 is 1.94 bits per heavy atom. The molecule has 2 N–H and O–H groups in total. The van der Waals surface area contributed by atoms with Gasteiger partial charge in [-0.15, -0.1) is 0 Å². The third-order valence-electron chi connectivity index (χ3n) is 2.93. The molecule has 94 valence electrons. The van der Waals surface area contributed by atoms with Gasteiger partial charge in [0.15, 0.2) is 11.6 Å². The van der Waals surface area contributed by atoms with E-state index in [1.165, 1.54) is 6.07 Å². The Kier molecular flexibility index (Phi) is 3.59. The van der Waals surface area contributed by atoms with Crippen molar-refractivity contribution in [2.75, 3.05) is 19.7 Å². The minimum Gasteiger partial charge on any atom is -0.490 e. The molecule has 2 rings (SSSR count). The molecule has 1 saturated heterocycles. The van der Waals surface area contributed by atoms with Crippen LogP contribution in [0, 0.1) is 11.6 Å². The molecule has 0 radical (unpaired) electrons. The summed E-state index contributed by atoms with van der Waals surface area (Å²) in [5.74, 6) is -1.62. The first-order valence-electron chi connectivity index (χ1n) is 5.60. The van der Waals surface area contributed by atoms with Crippen molar-refractivity contribution in [3.8, 4) is 5.75 Å². The SMILES string of the molecule is OC1(COc2ccc(F)c(F)c2)CCNCC1. The van der Waals surface area contributed by atoms with Crippen molar-refractivity contribution in [2.24, 2.45) is 0 Å². The summed E-state index contributed by atoms with van der Waals surface area (Å²) in [6, 6.07) is 3.35. The fraction of sp³-hybridized carbons (Fsp3) is 0.500. The maximum absolute atomic E-state index is 12.9. The predicted molar refractivity (Wildman–Crippen MR) is 58.9 cm³/mol. The first-order valence-corrected chi connectivity index (χ1v) is 5.60. The molecule has 0 atom stereocenters. The van der Waals surface area contributed by atoms with Crippen molar-refractivity contribution in [3.05, 3.63) is 29.8 Å². The van der Waals surface area contributed by atoms with Crippen LogP contribution >= 0.6 is 0 Å². The van der Waals surface area contributed by atoms with E-state index < -0.39 is 17.2 Å². The average molecular weight is 243 g/mol. The van der Waals surface area contributed by atoms with Gasteiger partial charge in [0.05, 0.1) is 0 Å². The van der Waals surface area contributed by atoms with Gasteiger partial charge in [0.25, 0.3) is 0 Å². The van der Waals surface area contributed by atoms with E-state index in [2.05, 4.69) is 5.32 Å². The molecule has 5 heteroatoms. The molecule has 1 fully saturated rings. The zero-order chi connectivity index (χ0) is 12.3. The van der Waals surface area contributed by atoms with E-state index >= 15 is 0 Å². The molecule has 3 nitrogen and oxygen atoms in total. The van der Waals surface area contributed by atoms with Gasteiger partial charge in [0.2, 0.25) is 0 Å². The van der Waals surface area contributed by atoms with Crippen molar-refractivity contribution in [1.29, 1.82) is 0 Å². The smallest absolute Gasteiger partial charge is 0.162 e. The Hall–Kier alpha value is -1.20. The van der Waals surface area contributed by atoms with Gasteiger partial charge in [-0.1, -0.05) is 0 Å². The molecule has 0 aromatic heterocycles. The van der Waals surface area contributed by atoms with E-state index in [9.17, 15) is 13.9 Å². The zero-order valence-corrected chi connectivity index (χ0v) is 9.38. The van der Waals surface area contributed by atoms with Gasteiger partial charge in [0, 0.05) is 6.07 Å². The maximum atomic E-state index is 12.9. The summed E-state index contributed by atoms with van der Waals surface area (Å²) in [6.45, 7) is 1.56. The van der Waals surface area contributed by atoms with E-state index in [-0.39, 0.29) is 12.4 Å². The van der Waals surface area contributed by atoms with Crippen molar-refractivity contribution >= 4 is 0 Å². The van der Waals surface area contributed by atoms with E-state index in [4.69, 9.17) is 4.74 Å². The molecule has 0 amide bonds. The molecule has 1 aliphatic heterocycles. The minimum atomic E-state index is -0.945. The van der Waals surface area contributed by atoms with Gasteiger partial charge >= 0.3 is 0 Å². The van der Waals surface area contributed by atoms with E-state index in [0.29, 0.717) is 12.8 Å². The number of benzene rings is 1. The highest BCUT2D eigenvalue weighted by Gasteiger charge is 2.29. The summed E-state index contributed by atoms with van der Waals surface area (Å²) >= 11 is 0. The van der Waals surface area contributed by atoms with Crippen LogP contribution in [-0.2, 0) is 0 Å². The molecule has 1 aliphatic rings. The number of hydrogen-bond acceptors (Lipinski definition) is 3. The number of piperidine rings is 1. The Balaban J connectivity index is 1.94. The van der Waals surface area contributed by atoms with Gasteiger partial charge in [-0.05, 0) is 38.1 Å². The molecule has 0 unspecified atom stereocenters. The van der Waals surface area contributed by atoms with Crippen LogP contribution in [0.4, 0.5) is 8.78 Å². The number of ether oxygens (including phenoxy) is 1. The molecule has 1 heterocycles. The summed E-state index contributed by atoms with van der Waals surface area (Å²) in [5, 5.41) is 13.3. The van der Waals surface area contributed by atoms with Crippen LogP contribution in [0.2, 0.25) is 0 Å². The van der Waals surface area contributed by atoms with Crippen LogP contribution in [0.3, 0.4) is 0 Å². The fourth-order valence-corrected chi connectivity index (χ4v) is 1.82. The Morgan fingerprint density at radius 1 is 1.24 bits per heavy atom. The third-order valence-corrected chi connectivity index (χ3v) is 2.93. The molecular weight excluding hydrogens is 228 g/mol. The van der Waals surface area contributed by atoms with Gasteiger partial charge < -0.3 is 15.2 Å². The molecule has 0 bridgehead atoms. The van der Waals surface area contributed by atoms with E-state index in [0.717, 1.165) is 25.2 Å². The fourth-order valence-electron chi connectivity index (χ4n) is 1.82. The van der Waals surface area contributed by atoms with Crippen LogP contribution < -0.4 is 10.1 Å². The summed E-state index contributed by atoms with van der Waals surface area (Å²) in [7, 11) is 0. The molecule has 17 heavy (non-hydrogen) atoms. The molecular formula is C12H15F2NO2. The lowest BCUT2D eigenvalue weighted by Crippen LogP contribution is -2.45. The monoisotopic (exact) mass is 243 g/mol. The number of hydrogen-bond donors (Lipinski definition) is 2. The van der Waals surface area contributed by atoms with E-state index in [1.54, 1.807) is 0 Å². The number of nitrogens with one attached hydrogen (secondary N) is 1. The zero-order valence-electron chi connectivity index (χ0n) is 9.38. The maximum Gasteiger partial charge on any atom is 0.162 e. The van der Waals surface area contributed by atoms with Crippen molar-refractivity contribution in [2.45, 2.75) is 18.4 Å². The summed E-state index contributed by atoms with van der Waals surface area (Å²) < 4.78 is 30.9. The van der Waals surface area contributed by atoms with Crippen LogP contribution in [0.25, 0.3) is 0 Å². The molecule has 1 aromatic carbocycles. The number of aliphatic hydroxyl groups is 1. The van der Waals surface area contributed by atoms with Gasteiger partial charge in [0.1, 0.15) is 18.0 Å². The lowest BCUT2D eigenvalue weighted by atomic mass is 9.93. The number of rotatable bonds is 3. The summed E-state index contributed by atoms with van der Waals surface area (Å²) in [5.41, 5.74) is -0.879. The van der Waals surface area contributed by atoms with Crippen LogP contribution in [0.15, 0.2) is 18.2 Å². The second-order valence-corrected chi connectivity index (χ2v) is 4.34. The average Bonchev–Trinajstić information content (AvgIpc) is 2.32. The normalized spacial score (nSPS) is 19.0. The lowest BCUT2D eigenvalue weighted by Gasteiger charge is -2.32. The van der Waals surface area contributed by atoms with Crippen molar-refractivity contribution in [1.82, 2.24) is 5.32 Å². The lowest BCUT2D eigenvalue weighted by molar-refractivity contribution is -0.0286. The second-order valence-electron chi connectivity index (χ2n) is 4.34. The van der Waals surface area contributed by atoms with Crippen molar-refractivity contribution < 1.29 is 18.6 Å². The predicted octanol–water partition coefficient (Wildman–Crippen LogP) is 1.46. The third kappa shape index (κ3) is 3.14. The highest BCUT2D eigenvalue weighted by atomic mass is 19.2. The molecule has 0 spiro atoms. The van der Waals surface area contributed by atoms with Gasteiger partial charge in [-0.25, -0.2) is 8.78 Å². The Labute approximate surface area is 98.4 Å². The van der Waals surface area contributed by atoms with Crippen LogP contribution in [0.5, 0.6) is 5.75 Å². The molecule has 0 saturated carbocycles. The summed E-state index contributed by atoms with van der Waals surface area (Å²) in [6.07, 6.45) is 1.19. The summed E-state index contributed by atoms with van der Waals surface area (Å²) in [4.78, 5) is 0. The topological polar surface area (TPSA) is 41.5 Å². The number of halogens is 2. The van der Waals surface area contributed by atoms with Gasteiger partial charge in [-0.2, -0.15) is 0 Å². The highest BCUT2D eigenvalue weighted by Crippen LogP contribution is 2.21. The highest BCUT2D eigenvalue weighted by molar-refractivity contribution is 5.23. The van der Waals surface area contributed by atoms with Gasteiger partial charge in [-0.3, -0.25) is 0 Å². The Morgan fingerprint density at radius 3 is 2.59 bits per heavy atom. The molecule has 0 aliphatic carbocycles. The van der Waals surface area contributed by atoms with E-state index in [1.807, 2.05) is 0 Å². The van der Waals surface area contributed by atoms with Crippen LogP contribution in [0.1, 0.15) is 12.8 Å². The Bertz CT molecular complexity index is 392. The first-order chi connectivity index (χ1) is 8.09. The minimum absolute atomic E-state index is 0.0970. The van der Waals surface area contributed by atoms with Crippen molar-refractivity contribution in [3.63, 3.8) is 0 Å². The van der Waals surface area contributed by atoms with Crippen LogP contribution in [-0.4, -0.2) is 30.4 Å². The standard InChI is InChI=1S/C12H15F2NO2/c13-10-2-1-9(7-11(10)14)17-8-12(16)3-5-15-6-4-12/h1-2,7,15-16H,3-6,8H2.